The number of aliphatic imine (C=N–C) groups is 2. The van der Waals surface area contributed by atoms with Crippen molar-refractivity contribution in [1.82, 2.24) is 4.90 Å². The van der Waals surface area contributed by atoms with E-state index >= 15 is 0 Å². The predicted octanol–water partition coefficient (Wildman–Crippen LogP) is 3.11. The van der Waals surface area contributed by atoms with E-state index in [1.807, 2.05) is 11.8 Å². The third kappa shape index (κ3) is 5.24. The van der Waals surface area contributed by atoms with Gasteiger partial charge in [0.15, 0.2) is 17.5 Å². The summed E-state index contributed by atoms with van der Waals surface area (Å²) in [5, 5.41) is 0. The second-order valence-corrected chi connectivity index (χ2v) is 6.16. The lowest BCUT2D eigenvalue weighted by Crippen LogP contribution is -2.49. The van der Waals surface area contributed by atoms with Gasteiger partial charge in [-0.2, -0.15) is 4.99 Å². The van der Waals surface area contributed by atoms with E-state index in [4.69, 9.17) is 11.5 Å². The zero-order chi connectivity index (χ0) is 19.5. The Kier molecular flexibility index (Phi) is 5.94. The summed E-state index contributed by atoms with van der Waals surface area (Å²) in [6.45, 7) is 4.90. The number of ether oxygens (including phenoxy) is 1. The first-order valence-corrected chi connectivity index (χ1v) is 8.07. The molecule has 0 amide bonds. The van der Waals surface area contributed by atoms with Crippen LogP contribution in [-0.2, 0) is 0 Å². The second kappa shape index (κ2) is 7.79. The lowest BCUT2D eigenvalue weighted by atomic mass is 9.92. The third-order valence-electron chi connectivity index (χ3n) is 4.28. The molecule has 0 bridgehead atoms. The van der Waals surface area contributed by atoms with Crippen LogP contribution in [0.25, 0.3) is 0 Å². The lowest BCUT2D eigenvalue weighted by Gasteiger charge is -2.38. The molecule has 10 heteroatoms. The van der Waals surface area contributed by atoms with Crippen molar-refractivity contribution in [3.05, 3.63) is 24.0 Å². The number of nitrogens with zero attached hydrogens (tertiary/aromatic N) is 3. The average molecular weight is 375 g/mol. The number of halogens is 4. The highest BCUT2D eigenvalue weighted by atomic mass is 19.4. The van der Waals surface area contributed by atoms with E-state index in [0.29, 0.717) is 5.92 Å². The van der Waals surface area contributed by atoms with Crippen LogP contribution in [0.5, 0.6) is 5.75 Å². The van der Waals surface area contributed by atoms with Gasteiger partial charge in [-0.25, -0.2) is 9.38 Å². The van der Waals surface area contributed by atoms with Crippen molar-refractivity contribution < 1.29 is 22.3 Å². The van der Waals surface area contributed by atoms with E-state index in [-0.39, 0.29) is 23.6 Å². The van der Waals surface area contributed by atoms with Crippen LogP contribution in [0, 0.1) is 11.7 Å². The van der Waals surface area contributed by atoms with Gasteiger partial charge in [-0.05, 0) is 37.8 Å². The van der Waals surface area contributed by atoms with Crippen LogP contribution >= 0.6 is 0 Å². The quantitative estimate of drug-likeness (QED) is 0.472. The molecule has 2 unspecified atom stereocenters. The molecule has 0 saturated carbocycles. The molecule has 144 valence electrons. The molecule has 2 atom stereocenters. The summed E-state index contributed by atoms with van der Waals surface area (Å²) in [6, 6.07) is 2.91. The van der Waals surface area contributed by atoms with Gasteiger partial charge in [0.1, 0.15) is 0 Å². The number of likely N-dealkylation sites (tertiary alicyclic amines) is 1. The summed E-state index contributed by atoms with van der Waals surface area (Å²) < 4.78 is 53.6. The van der Waals surface area contributed by atoms with Crippen LogP contribution in [0.3, 0.4) is 0 Å². The summed E-state index contributed by atoms with van der Waals surface area (Å²) in [6.07, 6.45) is -2.91. The number of alkyl halides is 3. The molecule has 1 saturated heterocycles. The number of guanidine groups is 2. The number of hydrogen-bond acceptors (Lipinski definition) is 2. The maximum atomic E-state index is 13.7. The van der Waals surface area contributed by atoms with Crippen molar-refractivity contribution in [3.8, 4) is 5.75 Å². The van der Waals surface area contributed by atoms with Crippen molar-refractivity contribution in [2.24, 2.45) is 27.4 Å². The van der Waals surface area contributed by atoms with Crippen molar-refractivity contribution in [1.29, 1.82) is 0 Å². The Morgan fingerprint density at radius 1 is 1.27 bits per heavy atom. The molecule has 1 heterocycles. The van der Waals surface area contributed by atoms with Crippen molar-refractivity contribution >= 4 is 17.6 Å². The van der Waals surface area contributed by atoms with Crippen molar-refractivity contribution in [2.75, 3.05) is 6.54 Å². The molecule has 0 aliphatic carbocycles. The van der Waals surface area contributed by atoms with Gasteiger partial charge in [0.05, 0.1) is 5.69 Å². The van der Waals surface area contributed by atoms with Gasteiger partial charge in [-0.15, -0.1) is 13.2 Å². The standard InChI is InChI=1S/C16H21F4N5O/c1-9-4-3-7-25(10(9)2)15(22)24-14(21)23-11-5-6-13(12(17)8-11)26-16(18,19)20/h5-6,8-10H,3-4,7H2,1-2H3,(H4,21,22,23,24). The first-order valence-electron chi connectivity index (χ1n) is 8.07. The highest BCUT2D eigenvalue weighted by Crippen LogP contribution is 2.28. The highest BCUT2D eigenvalue weighted by molar-refractivity contribution is 5.94. The largest absolute Gasteiger partial charge is 0.573 e. The summed E-state index contributed by atoms with van der Waals surface area (Å²) in [7, 11) is 0. The van der Waals surface area contributed by atoms with Crippen molar-refractivity contribution in [2.45, 2.75) is 39.1 Å². The van der Waals surface area contributed by atoms with E-state index in [9.17, 15) is 17.6 Å². The van der Waals surface area contributed by atoms with Crippen LogP contribution < -0.4 is 16.2 Å². The minimum Gasteiger partial charge on any atom is -0.403 e. The summed E-state index contributed by atoms with van der Waals surface area (Å²) in [5.74, 6) is -1.74. The van der Waals surface area contributed by atoms with Gasteiger partial charge >= 0.3 is 6.36 Å². The predicted molar refractivity (Wildman–Crippen MR) is 90.6 cm³/mol. The van der Waals surface area contributed by atoms with Gasteiger partial charge < -0.3 is 21.1 Å². The van der Waals surface area contributed by atoms with Crippen LogP contribution in [0.1, 0.15) is 26.7 Å². The number of rotatable bonds is 2. The van der Waals surface area contributed by atoms with Crippen LogP contribution in [0.4, 0.5) is 23.2 Å². The molecule has 26 heavy (non-hydrogen) atoms. The van der Waals surface area contributed by atoms with Crippen molar-refractivity contribution in [3.63, 3.8) is 0 Å². The Hall–Kier alpha value is -2.52. The molecular weight excluding hydrogens is 354 g/mol. The SMILES string of the molecule is CC1CCCN(/C(N)=N/C(N)=Nc2ccc(OC(F)(F)F)c(F)c2)C1C. The molecule has 1 aromatic rings. The Labute approximate surface area is 148 Å². The van der Waals surface area contributed by atoms with E-state index in [1.54, 1.807) is 0 Å². The number of benzene rings is 1. The van der Waals surface area contributed by atoms with Crippen LogP contribution in [0.2, 0.25) is 0 Å². The van der Waals surface area contributed by atoms with Crippen LogP contribution in [0.15, 0.2) is 28.2 Å². The second-order valence-electron chi connectivity index (χ2n) is 6.16. The molecule has 4 N–H and O–H groups in total. The normalized spacial score (nSPS) is 22.5. The first kappa shape index (κ1) is 19.8. The third-order valence-corrected chi connectivity index (χ3v) is 4.28. The Morgan fingerprint density at radius 3 is 2.58 bits per heavy atom. The molecule has 1 aliphatic rings. The van der Waals surface area contributed by atoms with Gasteiger partial charge in [-0.1, -0.05) is 6.92 Å². The molecule has 0 radical (unpaired) electrons. The maximum Gasteiger partial charge on any atom is 0.573 e. The molecule has 1 aliphatic heterocycles. The Bertz CT molecular complexity index is 704. The molecule has 1 aromatic carbocycles. The van der Waals surface area contributed by atoms with Gasteiger partial charge in [0.2, 0.25) is 5.96 Å². The number of nitrogens with two attached hydrogens (primary N) is 2. The van der Waals surface area contributed by atoms with Gasteiger partial charge in [0.25, 0.3) is 0 Å². The molecule has 6 nitrogen and oxygen atoms in total. The molecule has 0 aromatic heterocycles. The molecule has 1 fully saturated rings. The van der Waals surface area contributed by atoms with E-state index in [1.165, 1.54) is 0 Å². The number of piperidine rings is 1. The topological polar surface area (TPSA) is 89.2 Å². The smallest absolute Gasteiger partial charge is 0.403 e. The van der Waals surface area contributed by atoms with E-state index in [0.717, 1.165) is 37.6 Å². The van der Waals surface area contributed by atoms with E-state index < -0.39 is 17.9 Å². The summed E-state index contributed by atoms with van der Waals surface area (Å²) in [5.41, 5.74) is 11.7. The molecule has 0 spiro atoms. The average Bonchev–Trinajstić information content (AvgIpc) is 2.51. The Morgan fingerprint density at radius 2 is 1.96 bits per heavy atom. The molecule has 2 rings (SSSR count). The van der Waals surface area contributed by atoms with Crippen LogP contribution in [-0.4, -0.2) is 35.8 Å². The Balaban J connectivity index is 2.14. The fraction of sp³-hybridized carbons (Fsp3) is 0.500. The fourth-order valence-electron chi connectivity index (χ4n) is 2.76. The lowest BCUT2D eigenvalue weighted by molar-refractivity contribution is -0.275. The first-order chi connectivity index (χ1) is 12.1. The fourth-order valence-corrected chi connectivity index (χ4v) is 2.76. The van der Waals surface area contributed by atoms with Gasteiger partial charge in [0, 0.05) is 18.7 Å². The number of hydrogen-bond donors (Lipinski definition) is 2. The summed E-state index contributed by atoms with van der Waals surface area (Å²) in [4.78, 5) is 9.78. The zero-order valence-electron chi connectivity index (χ0n) is 14.4. The monoisotopic (exact) mass is 375 g/mol. The molecular formula is C16H21F4N5O. The summed E-state index contributed by atoms with van der Waals surface area (Å²) >= 11 is 0. The highest BCUT2D eigenvalue weighted by Gasteiger charge is 2.32. The van der Waals surface area contributed by atoms with E-state index in [2.05, 4.69) is 21.6 Å². The maximum absolute atomic E-state index is 13.7. The van der Waals surface area contributed by atoms with Gasteiger partial charge in [-0.3, -0.25) is 0 Å². The minimum absolute atomic E-state index is 0.00821. The minimum atomic E-state index is -4.98. The zero-order valence-corrected chi connectivity index (χ0v) is 14.4.